The standard InChI is InChI=1S/C26H29FN4O4S/c1-6-29-36(5,34)23-14-10-19(16-28-23)24(32)30-22-15-18(17-7-11-20(27)12-8-17)9-13-21(22)31-25(33)35-26(2,3)4/h7-16H,6H2,1-5H3,(H,30,32)(H,31,33). The minimum Gasteiger partial charge on any atom is -0.444 e. The van der Waals surface area contributed by atoms with Crippen LogP contribution in [-0.2, 0) is 14.5 Å². The lowest BCUT2D eigenvalue weighted by Crippen LogP contribution is -2.27. The molecule has 8 nitrogen and oxygen atoms in total. The molecule has 2 N–H and O–H groups in total. The quantitative estimate of drug-likeness (QED) is 0.423. The van der Waals surface area contributed by atoms with E-state index in [1.807, 2.05) is 0 Å². The normalized spacial score (nSPS) is 12.8. The van der Waals surface area contributed by atoms with Gasteiger partial charge in [-0.05, 0) is 75.2 Å². The van der Waals surface area contributed by atoms with Crippen LogP contribution >= 0.6 is 0 Å². The third-order valence-corrected chi connectivity index (χ3v) is 6.61. The van der Waals surface area contributed by atoms with Crippen molar-refractivity contribution < 1.29 is 22.9 Å². The number of hydrogen-bond donors (Lipinski definition) is 2. The summed E-state index contributed by atoms with van der Waals surface area (Å²) in [5, 5.41) is 5.72. The second-order valence-electron chi connectivity index (χ2n) is 8.98. The lowest BCUT2D eigenvalue weighted by atomic mass is 10.0. The Morgan fingerprint density at radius 1 is 1.00 bits per heavy atom. The first-order valence-electron chi connectivity index (χ1n) is 11.2. The van der Waals surface area contributed by atoms with Crippen LogP contribution in [0.25, 0.3) is 11.1 Å². The number of nitrogens with one attached hydrogen (secondary N) is 2. The molecule has 0 saturated carbocycles. The molecule has 0 bridgehead atoms. The molecule has 3 aromatic rings. The van der Waals surface area contributed by atoms with Gasteiger partial charge in [-0.3, -0.25) is 10.1 Å². The second kappa shape index (κ2) is 10.9. The molecule has 2 aromatic carbocycles. The first-order chi connectivity index (χ1) is 16.9. The Labute approximate surface area is 210 Å². The fourth-order valence-electron chi connectivity index (χ4n) is 3.24. The summed E-state index contributed by atoms with van der Waals surface area (Å²) in [4.78, 5) is 29.6. The van der Waals surface area contributed by atoms with E-state index in [0.717, 1.165) is 5.56 Å². The minimum atomic E-state index is -2.64. The molecule has 0 aliphatic heterocycles. The number of ether oxygens (including phenoxy) is 1. The van der Waals surface area contributed by atoms with E-state index in [1.165, 1.54) is 36.7 Å². The van der Waals surface area contributed by atoms with Crippen LogP contribution in [0, 0.1) is 5.82 Å². The maximum Gasteiger partial charge on any atom is 0.412 e. The van der Waals surface area contributed by atoms with Crippen molar-refractivity contribution in [3.05, 3.63) is 72.2 Å². The molecule has 190 valence electrons. The molecule has 0 aliphatic rings. The summed E-state index contributed by atoms with van der Waals surface area (Å²) < 4.78 is 35.4. The Hall–Kier alpha value is -3.79. The van der Waals surface area contributed by atoms with Crippen LogP contribution in [0.2, 0.25) is 0 Å². The van der Waals surface area contributed by atoms with Gasteiger partial charge in [0.15, 0.2) is 0 Å². The van der Waals surface area contributed by atoms with Gasteiger partial charge in [0.2, 0.25) is 0 Å². The van der Waals surface area contributed by atoms with Crippen molar-refractivity contribution in [1.29, 1.82) is 0 Å². The SMILES string of the molecule is CCN=S(C)(=O)c1ccc(C(=O)Nc2cc(-c3ccc(F)cc3)ccc2NC(=O)OC(C)(C)C)cn1. The zero-order valence-corrected chi connectivity index (χ0v) is 21.6. The number of benzene rings is 2. The van der Waals surface area contributed by atoms with E-state index >= 15 is 0 Å². The van der Waals surface area contributed by atoms with Crippen LogP contribution in [0.3, 0.4) is 0 Å². The van der Waals surface area contributed by atoms with Crippen molar-refractivity contribution in [2.24, 2.45) is 4.36 Å². The highest BCUT2D eigenvalue weighted by molar-refractivity contribution is 7.92. The van der Waals surface area contributed by atoms with Gasteiger partial charge in [0.1, 0.15) is 16.4 Å². The van der Waals surface area contributed by atoms with Crippen molar-refractivity contribution in [1.82, 2.24) is 4.98 Å². The van der Waals surface area contributed by atoms with Gasteiger partial charge in [-0.1, -0.05) is 18.2 Å². The summed E-state index contributed by atoms with van der Waals surface area (Å²) in [6, 6.07) is 13.9. The third kappa shape index (κ3) is 7.11. The number of carbonyl (C=O) groups excluding carboxylic acids is 2. The summed E-state index contributed by atoms with van der Waals surface area (Å²) in [5.41, 5.74) is 1.54. The highest BCUT2D eigenvalue weighted by Gasteiger charge is 2.19. The topological polar surface area (TPSA) is 110 Å². The molecule has 0 fully saturated rings. The van der Waals surface area contributed by atoms with Crippen LogP contribution in [0.4, 0.5) is 20.6 Å². The fraction of sp³-hybridized carbons (Fsp3) is 0.269. The first kappa shape index (κ1) is 26.8. The van der Waals surface area contributed by atoms with Crippen LogP contribution in [0.15, 0.2) is 70.2 Å². The number of carbonyl (C=O) groups is 2. The molecule has 36 heavy (non-hydrogen) atoms. The number of rotatable bonds is 6. The molecule has 0 spiro atoms. The van der Waals surface area contributed by atoms with E-state index in [1.54, 1.807) is 58.0 Å². The summed E-state index contributed by atoms with van der Waals surface area (Å²) in [7, 11) is -2.64. The Morgan fingerprint density at radius 3 is 2.25 bits per heavy atom. The van der Waals surface area contributed by atoms with Crippen LogP contribution < -0.4 is 10.6 Å². The number of nitrogens with zero attached hydrogens (tertiary/aromatic N) is 2. The van der Waals surface area contributed by atoms with Crippen LogP contribution in [0.5, 0.6) is 0 Å². The van der Waals surface area contributed by atoms with Crippen LogP contribution in [-0.4, -0.2) is 39.6 Å². The van der Waals surface area contributed by atoms with Crippen molar-refractivity contribution >= 4 is 33.1 Å². The lowest BCUT2D eigenvalue weighted by Gasteiger charge is -2.21. The van der Waals surface area contributed by atoms with E-state index in [-0.39, 0.29) is 16.4 Å². The van der Waals surface area contributed by atoms with Gasteiger partial charge in [0, 0.05) is 19.0 Å². The van der Waals surface area contributed by atoms with E-state index < -0.39 is 27.3 Å². The van der Waals surface area contributed by atoms with Gasteiger partial charge in [-0.15, -0.1) is 0 Å². The van der Waals surface area contributed by atoms with Gasteiger partial charge in [-0.2, -0.15) is 0 Å². The summed E-state index contributed by atoms with van der Waals surface area (Å²) in [6.45, 7) is 7.40. The maximum atomic E-state index is 13.4. The average Bonchev–Trinajstić information content (AvgIpc) is 2.79. The van der Waals surface area contributed by atoms with Gasteiger partial charge >= 0.3 is 6.09 Å². The smallest absolute Gasteiger partial charge is 0.412 e. The molecule has 1 unspecified atom stereocenters. The Morgan fingerprint density at radius 2 is 1.67 bits per heavy atom. The van der Waals surface area contributed by atoms with Crippen molar-refractivity contribution in [2.45, 2.75) is 38.3 Å². The molecule has 3 rings (SSSR count). The largest absolute Gasteiger partial charge is 0.444 e. The molecule has 2 amide bonds. The van der Waals surface area contributed by atoms with Crippen molar-refractivity contribution in [3.8, 4) is 11.1 Å². The Balaban J connectivity index is 1.93. The van der Waals surface area contributed by atoms with E-state index in [2.05, 4.69) is 20.0 Å². The van der Waals surface area contributed by atoms with Crippen LogP contribution in [0.1, 0.15) is 38.1 Å². The molecular weight excluding hydrogens is 483 g/mol. The molecule has 10 heteroatoms. The minimum absolute atomic E-state index is 0.223. The van der Waals surface area contributed by atoms with Gasteiger partial charge < -0.3 is 10.1 Å². The number of aromatic nitrogens is 1. The molecule has 0 aliphatic carbocycles. The zero-order valence-electron chi connectivity index (χ0n) is 20.8. The summed E-state index contributed by atoms with van der Waals surface area (Å²) in [6.07, 6.45) is 2.13. The highest BCUT2D eigenvalue weighted by atomic mass is 32.2. The number of amides is 2. The third-order valence-electron chi connectivity index (χ3n) is 4.84. The van der Waals surface area contributed by atoms with Gasteiger partial charge in [0.25, 0.3) is 5.91 Å². The maximum absolute atomic E-state index is 13.4. The number of hydrogen-bond acceptors (Lipinski definition) is 6. The molecule has 1 aromatic heterocycles. The predicted molar refractivity (Wildman–Crippen MR) is 139 cm³/mol. The molecule has 1 atom stereocenters. The Bertz CT molecular complexity index is 1370. The van der Waals surface area contributed by atoms with Gasteiger partial charge in [0.05, 0.1) is 26.7 Å². The number of halogens is 1. The molecule has 1 heterocycles. The monoisotopic (exact) mass is 512 g/mol. The van der Waals surface area contributed by atoms with Gasteiger partial charge in [-0.25, -0.2) is 22.7 Å². The van der Waals surface area contributed by atoms with Crippen molar-refractivity contribution in [3.63, 3.8) is 0 Å². The second-order valence-corrected chi connectivity index (χ2v) is 11.3. The lowest BCUT2D eigenvalue weighted by molar-refractivity contribution is 0.0635. The molecule has 0 radical (unpaired) electrons. The highest BCUT2D eigenvalue weighted by Crippen LogP contribution is 2.30. The molecular formula is C26H29FN4O4S. The summed E-state index contributed by atoms with van der Waals surface area (Å²) in [5.74, 6) is -0.859. The van der Waals surface area contributed by atoms with E-state index in [4.69, 9.17) is 4.74 Å². The van der Waals surface area contributed by atoms with E-state index in [0.29, 0.717) is 23.5 Å². The predicted octanol–water partition coefficient (Wildman–Crippen LogP) is 5.96. The van der Waals surface area contributed by atoms with E-state index in [9.17, 15) is 18.2 Å². The zero-order chi connectivity index (χ0) is 26.5. The Kier molecular flexibility index (Phi) is 8.09. The number of anilines is 2. The summed E-state index contributed by atoms with van der Waals surface area (Å²) >= 11 is 0. The number of pyridine rings is 1. The molecule has 0 saturated heterocycles. The van der Waals surface area contributed by atoms with Crippen molar-refractivity contribution in [2.75, 3.05) is 23.4 Å². The average molecular weight is 513 g/mol. The first-order valence-corrected chi connectivity index (χ1v) is 13.2. The fourth-order valence-corrected chi connectivity index (χ4v) is 4.43.